The minimum atomic E-state index is -0.119. The molecule has 4 nitrogen and oxygen atoms in total. The molecule has 0 saturated heterocycles. The van der Waals surface area contributed by atoms with Crippen molar-refractivity contribution in [2.45, 2.75) is 25.8 Å². The topological polar surface area (TPSA) is 55.1 Å². The van der Waals surface area contributed by atoms with E-state index < -0.39 is 0 Å². The van der Waals surface area contributed by atoms with E-state index in [2.05, 4.69) is 26.2 Å². The first-order valence-electron chi connectivity index (χ1n) is 6.10. The number of aromatic nitrogens is 1. The lowest BCUT2D eigenvalue weighted by atomic mass is 10.1. The largest absolute Gasteiger partial charge is 0.469 e. The van der Waals surface area contributed by atoms with E-state index in [1.807, 2.05) is 19.1 Å². The van der Waals surface area contributed by atoms with Crippen molar-refractivity contribution < 1.29 is 9.21 Å². The molecule has 1 amide bonds. The van der Waals surface area contributed by atoms with Crippen LogP contribution in [0.4, 0.5) is 0 Å². The number of rotatable bonds is 5. The Kier molecular flexibility index (Phi) is 4.74. The lowest BCUT2D eigenvalue weighted by molar-refractivity contribution is 0.0937. The summed E-state index contributed by atoms with van der Waals surface area (Å²) in [7, 11) is 0. The van der Waals surface area contributed by atoms with Crippen LogP contribution >= 0.6 is 15.9 Å². The highest BCUT2D eigenvalue weighted by Crippen LogP contribution is 2.13. The van der Waals surface area contributed by atoms with Gasteiger partial charge in [0.15, 0.2) is 0 Å². The predicted octanol–water partition coefficient (Wildman–Crippen LogP) is 3.19. The Bertz CT molecular complexity index is 540. The van der Waals surface area contributed by atoms with Gasteiger partial charge in [-0.25, -0.2) is 4.98 Å². The molecule has 19 heavy (non-hydrogen) atoms. The number of nitrogens with one attached hydrogen (secondary N) is 1. The fourth-order valence-corrected chi connectivity index (χ4v) is 2.17. The fourth-order valence-electron chi connectivity index (χ4n) is 1.74. The van der Waals surface area contributed by atoms with Crippen LogP contribution < -0.4 is 5.32 Å². The third-order valence-electron chi connectivity index (χ3n) is 2.79. The molecule has 0 spiro atoms. The van der Waals surface area contributed by atoms with Crippen LogP contribution in [0.15, 0.2) is 45.7 Å². The number of aryl methyl sites for hydroxylation is 1. The summed E-state index contributed by atoms with van der Waals surface area (Å²) in [5.41, 5.74) is 0.548. The molecular weight excluding hydrogens is 308 g/mol. The molecule has 1 unspecified atom stereocenters. The van der Waals surface area contributed by atoms with Crippen molar-refractivity contribution in [2.24, 2.45) is 0 Å². The van der Waals surface area contributed by atoms with Crippen molar-refractivity contribution >= 4 is 21.8 Å². The van der Waals surface area contributed by atoms with E-state index in [1.54, 1.807) is 24.6 Å². The maximum Gasteiger partial charge on any atom is 0.254 e. The van der Waals surface area contributed by atoms with Gasteiger partial charge >= 0.3 is 0 Å². The lowest BCUT2D eigenvalue weighted by Gasteiger charge is -2.13. The Labute approximate surface area is 120 Å². The monoisotopic (exact) mass is 322 g/mol. The Morgan fingerprint density at radius 3 is 3.00 bits per heavy atom. The number of hydrogen-bond donors (Lipinski definition) is 1. The predicted molar refractivity (Wildman–Crippen MR) is 75.9 cm³/mol. The van der Waals surface area contributed by atoms with Crippen molar-refractivity contribution in [3.05, 3.63) is 52.7 Å². The Balaban J connectivity index is 1.87. The molecule has 2 rings (SSSR count). The standard InChI is InChI=1S/C14H15BrN2O2/c1-10(6-7-11-4-3-9-19-11)17-14(18)12-5-2-8-16-13(12)15/h2-5,8-10H,6-7H2,1H3,(H,17,18). The van der Waals surface area contributed by atoms with Crippen LogP contribution in [-0.4, -0.2) is 16.9 Å². The Morgan fingerprint density at radius 1 is 1.47 bits per heavy atom. The number of amides is 1. The average Bonchev–Trinajstić information content (AvgIpc) is 2.90. The van der Waals surface area contributed by atoms with Crippen molar-refractivity contribution in [3.8, 4) is 0 Å². The zero-order chi connectivity index (χ0) is 13.7. The number of carbonyl (C=O) groups is 1. The first-order valence-corrected chi connectivity index (χ1v) is 6.90. The molecule has 1 atom stereocenters. The Hall–Kier alpha value is -1.62. The van der Waals surface area contributed by atoms with Gasteiger partial charge in [0.05, 0.1) is 11.8 Å². The van der Waals surface area contributed by atoms with E-state index in [0.29, 0.717) is 10.2 Å². The highest BCUT2D eigenvalue weighted by atomic mass is 79.9. The molecule has 0 aliphatic carbocycles. The minimum Gasteiger partial charge on any atom is -0.469 e. The highest BCUT2D eigenvalue weighted by Gasteiger charge is 2.13. The molecule has 0 saturated carbocycles. The van der Waals surface area contributed by atoms with Gasteiger partial charge in [0, 0.05) is 18.7 Å². The number of furan rings is 1. The number of halogens is 1. The number of carbonyl (C=O) groups excluding carboxylic acids is 1. The molecule has 0 radical (unpaired) electrons. The fraction of sp³-hybridized carbons (Fsp3) is 0.286. The van der Waals surface area contributed by atoms with Gasteiger partial charge < -0.3 is 9.73 Å². The van der Waals surface area contributed by atoms with Crippen molar-refractivity contribution in [1.82, 2.24) is 10.3 Å². The maximum atomic E-state index is 12.0. The van der Waals surface area contributed by atoms with Crippen LogP contribution in [0, 0.1) is 0 Å². The van der Waals surface area contributed by atoms with E-state index >= 15 is 0 Å². The van der Waals surface area contributed by atoms with Gasteiger partial charge in [0.25, 0.3) is 5.91 Å². The average molecular weight is 323 g/mol. The van der Waals surface area contributed by atoms with Gasteiger partial charge in [-0.2, -0.15) is 0 Å². The molecule has 0 aliphatic rings. The third kappa shape index (κ3) is 3.92. The summed E-state index contributed by atoms with van der Waals surface area (Å²) in [4.78, 5) is 16.1. The van der Waals surface area contributed by atoms with Crippen molar-refractivity contribution in [3.63, 3.8) is 0 Å². The second kappa shape index (κ2) is 6.52. The molecule has 0 aliphatic heterocycles. The highest BCUT2D eigenvalue weighted by molar-refractivity contribution is 9.10. The van der Waals surface area contributed by atoms with E-state index in [1.165, 1.54) is 0 Å². The smallest absolute Gasteiger partial charge is 0.254 e. The van der Waals surface area contributed by atoms with E-state index in [4.69, 9.17) is 4.42 Å². The van der Waals surface area contributed by atoms with Crippen LogP contribution in [0.3, 0.4) is 0 Å². The molecule has 0 fully saturated rings. The quantitative estimate of drug-likeness (QED) is 0.860. The first-order chi connectivity index (χ1) is 9.16. The molecule has 2 heterocycles. The molecule has 5 heteroatoms. The molecule has 0 bridgehead atoms. The minimum absolute atomic E-state index is 0.0738. The number of nitrogens with zero attached hydrogens (tertiary/aromatic N) is 1. The van der Waals surface area contributed by atoms with E-state index in [-0.39, 0.29) is 11.9 Å². The number of hydrogen-bond acceptors (Lipinski definition) is 3. The molecule has 100 valence electrons. The van der Waals surface area contributed by atoms with Gasteiger partial charge in [-0.15, -0.1) is 0 Å². The summed E-state index contributed by atoms with van der Waals surface area (Å²) in [6, 6.07) is 7.36. The van der Waals surface area contributed by atoms with Gasteiger partial charge in [-0.1, -0.05) is 0 Å². The second-order valence-corrected chi connectivity index (χ2v) is 5.09. The van der Waals surface area contributed by atoms with Gasteiger partial charge in [0.2, 0.25) is 0 Å². The molecular formula is C14H15BrN2O2. The van der Waals surface area contributed by atoms with Crippen LogP contribution in [0.5, 0.6) is 0 Å². The third-order valence-corrected chi connectivity index (χ3v) is 3.42. The summed E-state index contributed by atoms with van der Waals surface area (Å²) in [5, 5.41) is 2.95. The maximum absolute atomic E-state index is 12.0. The van der Waals surface area contributed by atoms with Crippen LogP contribution in [0.25, 0.3) is 0 Å². The van der Waals surface area contributed by atoms with Gasteiger partial charge in [-0.05, 0) is 53.5 Å². The molecule has 2 aromatic heterocycles. The SMILES string of the molecule is CC(CCc1ccco1)NC(=O)c1cccnc1Br. The van der Waals surface area contributed by atoms with Crippen molar-refractivity contribution in [2.75, 3.05) is 0 Å². The zero-order valence-electron chi connectivity index (χ0n) is 10.6. The zero-order valence-corrected chi connectivity index (χ0v) is 12.2. The normalized spacial score (nSPS) is 12.1. The lowest BCUT2D eigenvalue weighted by Crippen LogP contribution is -2.33. The summed E-state index contributed by atoms with van der Waals surface area (Å²) < 4.78 is 5.82. The van der Waals surface area contributed by atoms with Crippen LogP contribution in [0.1, 0.15) is 29.5 Å². The number of pyridine rings is 1. The molecule has 0 aromatic carbocycles. The van der Waals surface area contributed by atoms with Gasteiger partial charge in [-0.3, -0.25) is 4.79 Å². The molecule has 2 aromatic rings. The van der Waals surface area contributed by atoms with Gasteiger partial charge in [0.1, 0.15) is 10.4 Å². The summed E-state index contributed by atoms with van der Waals surface area (Å²) in [6.45, 7) is 1.98. The summed E-state index contributed by atoms with van der Waals surface area (Å²) >= 11 is 3.27. The first kappa shape index (κ1) is 13.8. The van der Waals surface area contributed by atoms with E-state index in [9.17, 15) is 4.79 Å². The Morgan fingerprint density at radius 2 is 2.32 bits per heavy atom. The summed E-state index contributed by atoms with van der Waals surface area (Å²) in [6.07, 6.45) is 4.94. The van der Waals surface area contributed by atoms with Crippen LogP contribution in [0.2, 0.25) is 0 Å². The summed E-state index contributed by atoms with van der Waals surface area (Å²) in [5.74, 6) is 0.815. The second-order valence-electron chi connectivity index (χ2n) is 4.33. The van der Waals surface area contributed by atoms with E-state index in [0.717, 1.165) is 18.6 Å². The van der Waals surface area contributed by atoms with Crippen molar-refractivity contribution in [1.29, 1.82) is 0 Å². The van der Waals surface area contributed by atoms with Crippen LogP contribution in [-0.2, 0) is 6.42 Å². The molecule has 1 N–H and O–H groups in total.